The van der Waals surface area contributed by atoms with E-state index in [0.29, 0.717) is 27.5 Å². The van der Waals surface area contributed by atoms with Gasteiger partial charge in [0.2, 0.25) is 5.78 Å². The van der Waals surface area contributed by atoms with Crippen molar-refractivity contribution in [3.8, 4) is 11.3 Å². The second kappa shape index (κ2) is 3.59. The van der Waals surface area contributed by atoms with Crippen molar-refractivity contribution in [1.29, 1.82) is 0 Å². The van der Waals surface area contributed by atoms with Gasteiger partial charge in [0.05, 0.1) is 10.7 Å². The van der Waals surface area contributed by atoms with Crippen LogP contribution in [0.3, 0.4) is 0 Å². The van der Waals surface area contributed by atoms with Gasteiger partial charge in [-0.25, -0.2) is 0 Å². The van der Waals surface area contributed by atoms with Crippen molar-refractivity contribution < 1.29 is 4.79 Å². The molecule has 0 N–H and O–H groups in total. The van der Waals surface area contributed by atoms with Crippen molar-refractivity contribution in [3.05, 3.63) is 53.2 Å². The third-order valence-corrected chi connectivity index (χ3v) is 3.55. The maximum atomic E-state index is 12.4. The minimum Gasteiger partial charge on any atom is -0.285 e. The summed E-state index contributed by atoms with van der Waals surface area (Å²) in [7, 11) is 0. The SMILES string of the molecule is O=C1c2ncccc2-c2nccc3c(Cl)cnc1c23. The first-order valence-corrected chi connectivity index (χ1v) is 6.08. The van der Waals surface area contributed by atoms with Gasteiger partial charge in [-0.05, 0) is 18.2 Å². The van der Waals surface area contributed by atoms with Gasteiger partial charge < -0.3 is 0 Å². The van der Waals surface area contributed by atoms with Crippen molar-refractivity contribution in [3.63, 3.8) is 0 Å². The molecule has 3 heterocycles. The number of hydrogen-bond acceptors (Lipinski definition) is 4. The van der Waals surface area contributed by atoms with Crippen molar-refractivity contribution in [2.24, 2.45) is 0 Å². The summed E-state index contributed by atoms with van der Waals surface area (Å²) >= 11 is 6.14. The second-order valence-corrected chi connectivity index (χ2v) is 4.67. The molecule has 3 aromatic rings. The highest BCUT2D eigenvalue weighted by atomic mass is 35.5. The van der Waals surface area contributed by atoms with Crippen LogP contribution in [0.25, 0.3) is 22.0 Å². The lowest BCUT2D eigenvalue weighted by atomic mass is 9.92. The number of rotatable bonds is 0. The van der Waals surface area contributed by atoms with E-state index in [1.807, 2.05) is 6.07 Å². The van der Waals surface area contributed by atoms with Crippen molar-refractivity contribution >= 4 is 28.2 Å². The first-order chi connectivity index (χ1) is 9.27. The Morgan fingerprint density at radius 1 is 0.947 bits per heavy atom. The molecule has 0 atom stereocenters. The van der Waals surface area contributed by atoms with E-state index in [-0.39, 0.29) is 5.78 Å². The molecule has 0 spiro atoms. The Balaban J connectivity index is 2.28. The molecule has 0 amide bonds. The molecule has 0 bridgehead atoms. The standard InChI is InChI=1S/C14H6ClN3O/c15-9-6-18-13-10-7(9)3-5-17-11(10)8-2-1-4-16-12(8)14(13)19/h1-6H. The molecule has 3 aromatic heterocycles. The molecular weight excluding hydrogens is 262 g/mol. The van der Waals surface area contributed by atoms with Crippen LogP contribution in [0.1, 0.15) is 16.2 Å². The van der Waals surface area contributed by atoms with Crippen molar-refractivity contribution in [2.75, 3.05) is 0 Å². The number of nitrogens with zero attached hydrogens (tertiary/aromatic N) is 3. The van der Waals surface area contributed by atoms with Crippen LogP contribution < -0.4 is 0 Å². The van der Waals surface area contributed by atoms with Crippen LogP contribution in [-0.2, 0) is 0 Å². The predicted molar refractivity (Wildman–Crippen MR) is 71.2 cm³/mol. The van der Waals surface area contributed by atoms with Gasteiger partial charge in [0, 0.05) is 34.9 Å². The number of halogens is 1. The molecule has 4 rings (SSSR count). The average molecular weight is 268 g/mol. The summed E-state index contributed by atoms with van der Waals surface area (Å²) in [6, 6.07) is 5.42. The van der Waals surface area contributed by atoms with Crippen LogP contribution in [0.4, 0.5) is 0 Å². The van der Waals surface area contributed by atoms with E-state index in [1.54, 1.807) is 24.5 Å². The van der Waals surface area contributed by atoms with E-state index in [9.17, 15) is 4.79 Å². The number of carbonyl (C=O) groups is 1. The third-order valence-electron chi connectivity index (χ3n) is 3.25. The van der Waals surface area contributed by atoms with Gasteiger partial charge in [0.15, 0.2) is 0 Å². The van der Waals surface area contributed by atoms with E-state index in [1.165, 1.54) is 6.20 Å². The summed E-state index contributed by atoms with van der Waals surface area (Å²) in [6.45, 7) is 0. The number of carbonyl (C=O) groups excluding carboxylic acids is 1. The Kier molecular flexibility index (Phi) is 2.00. The Labute approximate surface area is 113 Å². The minimum absolute atomic E-state index is 0.183. The van der Waals surface area contributed by atoms with Crippen LogP contribution in [0.15, 0.2) is 36.8 Å². The topological polar surface area (TPSA) is 55.7 Å². The molecule has 0 fully saturated rings. The maximum absolute atomic E-state index is 12.4. The van der Waals surface area contributed by atoms with Gasteiger partial charge in [0.1, 0.15) is 11.4 Å². The first kappa shape index (κ1) is 10.6. The molecule has 0 unspecified atom stereocenters. The average Bonchev–Trinajstić information content (AvgIpc) is 2.46. The highest BCUT2D eigenvalue weighted by Gasteiger charge is 2.28. The van der Waals surface area contributed by atoms with E-state index < -0.39 is 0 Å². The fourth-order valence-corrected chi connectivity index (χ4v) is 2.63. The zero-order valence-electron chi connectivity index (χ0n) is 9.59. The first-order valence-electron chi connectivity index (χ1n) is 5.70. The van der Waals surface area contributed by atoms with Crippen molar-refractivity contribution in [1.82, 2.24) is 15.0 Å². The van der Waals surface area contributed by atoms with Crippen LogP contribution in [0.2, 0.25) is 5.02 Å². The number of hydrogen-bond donors (Lipinski definition) is 0. The lowest BCUT2D eigenvalue weighted by molar-refractivity contribution is 0.103. The molecular formula is C14H6ClN3O. The highest BCUT2D eigenvalue weighted by molar-refractivity contribution is 6.37. The van der Waals surface area contributed by atoms with Crippen LogP contribution in [0.5, 0.6) is 0 Å². The Bertz CT molecular complexity index is 860. The molecule has 0 saturated carbocycles. The minimum atomic E-state index is -0.183. The zero-order chi connectivity index (χ0) is 13.0. The largest absolute Gasteiger partial charge is 0.285 e. The number of pyridine rings is 3. The predicted octanol–water partition coefficient (Wildman–Crippen LogP) is 2.89. The fourth-order valence-electron chi connectivity index (χ4n) is 2.42. The lowest BCUT2D eigenvalue weighted by Gasteiger charge is -2.17. The molecule has 4 nitrogen and oxygen atoms in total. The van der Waals surface area contributed by atoms with E-state index in [4.69, 9.17) is 11.6 Å². The fraction of sp³-hybridized carbons (Fsp3) is 0. The highest BCUT2D eigenvalue weighted by Crippen LogP contribution is 2.37. The van der Waals surface area contributed by atoms with Crippen LogP contribution in [0, 0.1) is 0 Å². The molecule has 0 aromatic carbocycles. The summed E-state index contributed by atoms with van der Waals surface area (Å²) < 4.78 is 0. The number of ketones is 1. The smallest absolute Gasteiger partial charge is 0.231 e. The van der Waals surface area contributed by atoms with E-state index in [2.05, 4.69) is 15.0 Å². The molecule has 0 aliphatic heterocycles. The summed E-state index contributed by atoms with van der Waals surface area (Å²) in [4.78, 5) is 25.1. The summed E-state index contributed by atoms with van der Waals surface area (Å²) in [5.41, 5.74) is 2.21. The van der Waals surface area contributed by atoms with E-state index >= 15 is 0 Å². The summed E-state index contributed by atoms with van der Waals surface area (Å²) in [6.07, 6.45) is 4.77. The van der Waals surface area contributed by atoms with Gasteiger partial charge in [-0.1, -0.05) is 11.6 Å². The summed E-state index contributed by atoms with van der Waals surface area (Å²) in [5, 5.41) is 2.02. The lowest BCUT2D eigenvalue weighted by Crippen LogP contribution is -2.14. The Morgan fingerprint density at radius 3 is 2.68 bits per heavy atom. The quantitative estimate of drug-likeness (QED) is 0.492. The van der Waals surface area contributed by atoms with E-state index in [0.717, 1.165) is 10.9 Å². The molecule has 19 heavy (non-hydrogen) atoms. The van der Waals surface area contributed by atoms with Crippen LogP contribution >= 0.6 is 11.6 Å². The molecule has 90 valence electrons. The molecule has 1 aliphatic carbocycles. The Hall–Kier alpha value is -2.33. The van der Waals surface area contributed by atoms with Gasteiger partial charge in [-0.2, -0.15) is 0 Å². The van der Waals surface area contributed by atoms with Crippen LogP contribution in [-0.4, -0.2) is 20.7 Å². The molecule has 0 saturated heterocycles. The molecule has 5 heteroatoms. The monoisotopic (exact) mass is 267 g/mol. The Morgan fingerprint density at radius 2 is 1.79 bits per heavy atom. The zero-order valence-corrected chi connectivity index (χ0v) is 10.3. The number of aromatic nitrogens is 3. The van der Waals surface area contributed by atoms with Gasteiger partial charge in [0.25, 0.3) is 0 Å². The maximum Gasteiger partial charge on any atom is 0.231 e. The molecule has 0 radical (unpaired) electrons. The number of fused-ring (bicyclic) bond motifs is 2. The van der Waals surface area contributed by atoms with Gasteiger partial charge in [-0.3, -0.25) is 19.7 Å². The second-order valence-electron chi connectivity index (χ2n) is 4.27. The molecule has 1 aliphatic rings. The van der Waals surface area contributed by atoms with Crippen molar-refractivity contribution in [2.45, 2.75) is 0 Å². The normalized spacial score (nSPS) is 12.6. The van der Waals surface area contributed by atoms with Gasteiger partial charge in [-0.15, -0.1) is 0 Å². The third kappa shape index (κ3) is 1.29. The summed E-state index contributed by atoms with van der Waals surface area (Å²) in [5.74, 6) is -0.183. The van der Waals surface area contributed by atoms with Gasteiger partial charge >= 0.3 is 0 Å².